The monoisotopic (exact) mass is 458 g/mol. The van der Waals surface area contributed by atoms with E-state index in [-0.39, 0.29) is 23.4 Å². The molecule has 1 aromatic carbocycles. The number of hydrogen-bond acceptors (Lipinski definition) is 4. The fraction of sp³-hybridized carbons (Fsp3) is 0.667. The predicted molar refractivity (Wildman–Crippen MR) is 121 cm³/mol. The van der Waals surface area contributed by atoms with Crippen molar-refractivity contribution in [3.05, 3.63) is 47.3 Å². The van der Waals surface area contributed by atoms with Crippen molar-refractivity contribution in [3.8, 4) is 0 Å². The van der Waals surface area contributed by atoms with Crippen molar-refractivity contribution in [3.63, 3.8) is 0 Å². The van der Waals surface area contributed by atoms with E-state index < -0.39 is 18.2 Å². The number of aliphatic hydroxyl groups excluding tert-OH is 1. The highest BCUT2D eigenvalue weighted by molar-refractivity contribution is 5.74. The minimum absolute atomic E-state index is 0.0506. The highest BCUT2D eigenvalue weighted by Gasteiger charge is 2.57. The molecule has 0 saturated heterocycles. The number of fused-ring (bicyclic) bond motifs is 5. The van der Waals surface area contributed by atoms with Crippen LogP contribution in [0.1, 0.15) is 63.5 Å². The number of hydrogen-bond donors (Lipinski definition) is 2. The average molecular weight is 459 g/mol. The topological polar surface area (TPSA) is 76.0 Å². The summed E-state index contributed by atoms with van der Waals surface area (Å²) < 4.78 is 25.3. The molecule has 4 aliphatic carbocycles. The summed E-state index contributed by atoms with van der Waals surface area (Å²) in [5.41, 5.74) is 1.85. The van der Waals surface area contributed by atoms with Crippen LogP contribution in [0.5, 0.6) is 0 Å². The number of rotatable bonds is 5. The maximum Gasteiger partial charge on any atom is 0.337 e. The quantitative estimate of drug-likeness (QED) is 0.614. The number of ether oxygens (including phenoxy) is 2. The predicted octanol–water partition coefficient (Wildman–Crippen LogP) is 4.90. The lowest BCUT2D eigenvalue weighted by Gasteiger charge is -2.54. The van der Waals surface area contributed by atoms with E-state index in [1.807, 2.05) is 6.08 Å². The summed E-state index contributed by atoms with van der Waals surface area (Å²) in [6.07, 6.45) is 7.31. The zero-order valence-corrected chi connectivity index (χ0v) is 19.5. The van der Waals surface area contributed by atoms with Gasteiger partial charge in [-0.1, -0.05) is 30.7 Å². The Hall–Kier alpha value is -1.76. The Kier molecular flexibility index (Phi) is 6.13. The first-order valence-electron chi connectivity index (χ1n) is 12.4. The Morgan fingerprint density at radius 3 is 2.61 bits per heavy atom. The molecule has 0 radical (unpaired) electrons. The Bertz CT molecular complexity index is 914. The Labute approximate surface area is 195 Å². The molecule has 33 heavy (non-hydrogen) atoms. The standard InChI is InChI=1S/C27H35FO5/c1-27-12-11-18-19(8-5-16-13-22(29)23(32-2)14-20(16)18)21(27)9-10-24(27)33-25(26(30)31)15-3-6-17(28)7-4-15/h3-4,6-7,13,18-25,29H,5,8-12,14H2,1-2H3,(H,30,31)/t18?,19?,20?,21?,22?,23?,24?,25-,27?/m1/s1. The zero-order chi connectivity index (χ0) is 23.3. The van der Waals surface area contributed by atoms with Gasteiger partial charge in [-0.05, 0) is 91.7 Å². The SMILES string of the molecule is COC1CC2C(=CC1O)CCC1C2CCC2(C)C(O[C@@H](C(=O)O)c3ccc(F)cc3)CCC12. The van der Waals surface area contributed by atoms with Crippen LogP contribution in [0.2, 0.25) is 0 Å². The van der Waals surface area contributed by atoms with Crippen molar-refractivity contribution in [1.82, 2.24) is 0 Å². The second-order valence-electron chi connectivity index (χ2n) is 10.8. The van der Waals surface area contributed by atoms with Crippen LogP contribution in [0.4, 0.5) is 4.39 Å². The van der Waals surface area contributed by atoms with Gasteiger partial charge in [0.05, 0.1) is 18.3 Å². The van der Waals surface area contributed by atoms with Crippen LogP contribution >= 0.6 is 0 Å². The number of allylic oxidation sites excluding steroid dienone is 1. The maximum atomic E-state index is 13.4. The fourth-order valence-corrected chi connectivity index (χ4v) is 7.77. The molecule has 0 aliphatic heterocycles. The maximum absolute atomic E-state index is 13.4. The third kappa shape index (κ3) is 3.94. The van der Waals surface area contributed by atoms with Crippen molar-refractivity contribution < 1.29 is 28.9 Å². The molecule has 0 aromatic heterocycles. The van der Waals surface area contributed by atoms with Crippen molar-refractivity contribution >= 4 is 5.97 Å². The molecule has 3 saturated carbocycles. The highest BCUT2D eigenvalue weighted by atomic mass is 19.1. The summed E-state index contributed by atoms with van der Waals surface area (Å²) in [7, 11) is 1.68. The lowest BCUT2D eigenvalue weighted by Crippen LogP contribution is -2.49. The van der Waals surface area contributed by atoms with Crippen molar-refractivity contribution in [1.29, 1.82) is 0 Å². The molecule has 0 heterocycles. The molecule has 9 atom stereocenters. The van der Waals surface area contributed by atoms with E-state index in [1.54, 1.807) is 7.11 Å². The highest BCUT2D eigenvalue weighted by Crippen LogP contribution is 2.62. The minimum Gasteiger partial charge on any atom is -0.479 e. The van der Waals surface area contributed by atoms with Crippen LogP contribution in [0.25, 0.3) is 0 Å². The molecule has 2 N–H and O–H groups in total. The number of benzene rings is 1. The van der Waals surface area contributed by atoms with Crippen LogP contribution in [0, 0.1) is 34.9 Å². The molecular weight excluding hydrogens is 423 g/mol. The summed E-state index contributed by atoms with van der Waals surface area (Å²) >= 11 is 0. The van der Waals surface area contributed by atoms with Crippen LogP contribution in [0.3, 0.4) is 0 Å². The van der Waals surface area contributed by atoms with E-state index in [9.17, 15) is 19.4 Å². The molecule has 8 unspecified atom stereocenters. The summed E-state index contributed by atoms with van der Waals surface area (Å²) in [6, 6.07) is 5.61. The molecule has 5 nitrogen and oxygen atoms in total. The smallest absolute Gasteiger partial charge is 0.337 e. The molecule has 5 rings (SSSR count). The van der Waals surface area contributed by atoms with Gasteiger partial charge < -0.3 is 19.7 Å². The third-order valence-electron chi connectivity index (χ3n) is 9.42. The van der Waals surface area contributed by atoms with Gasteiger partial charge in [0.25, 0.3) is 0 Å². The lowest BCUT2D eigenvalue weighted by atomic mass is 9.52. The van der Waals surface area contributed by atoms with Gasteiger partial charge in [-0.2, -0.15) is 0 Å². The van der Waals surface area contributed by atoms with E-state index in [0.717, 1.165) is 44.9 Å². The van der Waals surface area contributed by atoms with Gasteiger partial charge in [0.15, 0.2) is 6.10 Å². The number of carboxylic acids is 1. The number of halogens is 1. The second kappa shape index (κ2) is 8.79. The van der Waals surface area contributed by atoms with Crippen LogP contribution in [-0.2, 0) is 14.3 Å². The Balaban J connectivity index is 1.35. The first-order chi connectivity index (χ1) is 15.8. The van der Waals surface area contributed by atoms with Crippen molar-refractivity contribution in [2.45, 2.75) is 76.3 Å². The van der Waals surface area contributed by atoms with Crippen molar-refractivity contribution in [2.24, 2.45) is 29.1 Å². The van der Waals surface area contributed by atoms with Crippen LogP contribution in [0.15, 0.2) is 35.9 Å². The number of carbonyl (C=O) groups is 1. The molecule has 180 valence electrons. The number of methoxy groups -OCH3 is 1. The first-order valence-corrected chi connectivity index (χ1v) is 12.4. The number of carboxylic acid groups (broad SMARTS) is 1. The molecule has 0 amide bonds. The van der Waals surface area contributed by atoms with Crippen LogP contribution in [-0.4, -0.2) is 41.6 Å². The van der Waals surface area contributed by atoms with E-state index >= 15 is 0 Å². The molecular formula is C27H35FO5. The molecule has 6 heteroatoms. The molecule has 0 bridgehead atoms. The summed E-state index contributed by atoms with van der Waals surface area (Å²) in [6.45, 7) is 2.29. The second-order valence-corrected chi connectivity index (χ2v) is 10.8. The van der Waals surface area contributed by atoms with Gasteiger partial charge in [0.1, 0.15) is 5.82 Å². The van der Waals surface area contributed by atoms with E-state index in [0.29, 0.717) is 29.2 Å². The molecule has 4 aliphatic rings. The van der Waals surface area contributed by atoms with Crippen molar-refractivity contribution in [2.75, 3.05) is 7.11 Å². The number of aliphatic hydroxyl groups is 1. The van der Waals surface area contributed by atoms with Gasteiger partial charge in [-0.25, -0.2) is 9.18 Å². The first kappa shape index (κ1) is 23.0. The normalized spacial score (nSPS) is 40.8. The summed E-state index contributed by atoms with van der Waals surface area (Å²) in [5, 5.41) is 20.2. The number of aliphatic carboxylic acids is 1. The molecule has 1 aromatic rings. The van der Waals surface area contributed by atoms with Crippen LogP contribution < -0.4 is 0 Å². The van der Waals surface area contributed by atoms with Gasteiger partial charge in [-0.15, -0.1) is 0 Å². The zero-order valence-electron chi connectivity index (χ0n) is 19.5. The Morgan fingerprint density at radius 1 is 1.15 bits per heavy atom. The van der Waals surface area contributed by atoms with Gasteiger partial charge in [-0.3, -0.25) is 0 Å². The average Bonchev–Trinajstić information content (AvgIpc) is 3.13. The van der Waals surface area contributed by atoms with Gasteiger partial charge in [0.2, 0.25) is 0 Å². The van der Waals surface area contributed by atoms with Gasteiger partial charge in [0, 0.05) is 7.11 Å². The van der Waals surface area contributed by atoms with Gasteiger partial charge >= 0.3 is 5.97 Å². The fourth-order valence-electron chi connectivity index (χ4n) is 7.77. The third-order valence-corrected chi connectivity index (χ3v) is 9.42. The molecule has 0 spiro atoms. The minimum atomic E-state index is -1.08. The largest absolute Gasteiger partial charge is 0.479 e. The molecule has 3 fully saturated rings. The summed E-state index contributed by atoms with van der Waals surface area (Å²) in [4.78, 5) is 12.1. The van der Waals surface area contributed by atoms with E-state index in [4.69, 9.17) is 9.47 Å². The summed E-state index contributed by atoms with van der Waals surface area (Å²) in [5.74, 6) is 0.776. The van der Waals surface area contributed by atoms with E-state index in [1.165, 1.54) is 29.8 Å². The lowest BCUT2D eigenvalue weighted by molar-refractivity contribution is -0.164. The van der Waals surface area contributed by atoms with E-state index in [2.05, 4.69) is 6.92 Å². The Morgan fingerprint density at radius 2 is 1.91 bits per heavy atom.